The zero-order valence-corrected chi connectivity index (χ0v) is 15.1. The Hall–Kier alpha value is -2.12. The van der Waals surface area contributed by atoms with E-state index in [9.17, 15) is 10.5 Å². The van der Waals surface area contributed by atoms with Crippen LogP contribution in [0.1, 0.15) is 26.3 Å². The van der Waals surface area contributed by atoms with Gasteiger partial charge in [-0.25, -0.2) is 4.99 Å². The van der Waals surface area contributed by atoms with Crippen molar-refractivity contribution in [2.24, 2.45) is 21.6 Å². The number of benzene rings is 1. The van der Waals surface area contributed by atoms with Gasteiger partial charge < -0.3 is 15.2 Å². The van der Waals surface area contributed by atoms with E-state index >= 15 is 0 Å². The van der Waals surface area contributed by atoms with Crippen molar-refractivity contribution in [3.8, 4) is 12.1 Å². The molecule has 130 valence electrons. The molecule has 0 radical (unpaired) electrons. The molecule has 0 spiro atoms. The quantitative estimate of drug-likeness (QED) is 0.815. The molecule has 6 nitrogen and oxygen atoms in total. The normalized spacial score (nSPS) is 34.6. The summed E-state index contributed by atoms with van der Waals surface area (Å²) in [6.45, 7) is 5.92. The van der Waals surface area contributed by atoms with Crippen molar-refractivity contribution in [2.75, 3.05) is 13.2 Å². The number of nitrogens with two attached hydrogens (primary N) is 1. The van der Waals surface area contributed by atoms with Crippen LogP contribution < -0.4 is 5.73 Å². The summed E-state index contributed by atoms with van der Waals surface area (Å²) in [6, 6.07) is 11.6. The standard InChI is InChI=1S/C18H19ClN4O2/c1-4-24-18(25-5-2)17(11-21)15(3,12-6-8-13(19)9-7-12)16(17,10-20)14(22)23-18/h6-9H,4-5H2,1-3H3,(H2,22,23)/t15-,16+,17-/m1/s1. The van der Waals surface area contributed by atoms with E-state index in [0.29, 0.717) is 5.02 Å². The first-order valence-corrected chi connectivity index (χ1v) is 8.47. The lowest BCUT2D eigenvalue weighted by atomic mass is 9.84. The first-order valence-electron chi connectivity index (χ1n) is 8.09. The minimum Gasteiger partial charge on any atom is -0.386 e. The number of nitrogens with zero attached hydrogens (tertiary/aromatic N) is 3. The van der Waals surface area contributed by atoms with Gasteiger partial charge in [0.05, 0.1) is 12.1 Å². The summed E-state index contributed by atoms with van der Waals surface area (Å²) in [5.74, 6) is -1.55. The minimum atomic E-state index is -1.61. The van der Waals surface area contributed by atoms with Crippen LogP contribution in [0.5, 0.6) is 0 Å². The Kier molecular flexibility index (Phi) is 3.85. The Morgan fingerprint density at radius 2 is 1.68 bits per heavy atom. The molecule has 2 N–H and O–H groups in total. The molecule has 1 aromatic carbocycles. The molecule has 3 rings (SSSR count). The Bertz CT molecular complexity index is 819. The highest BCUT2D eigenvalue weighted by Gasteiger charge is 2.99. The molecule has 1 saturated carbocycles. The average molecular weight is 359 g/mol. The molecular weight excluding hydrogens is 340 g/mol. The van der Waals surface area contributed by atoms with Crippen LogP contribution in [0.25, 0.3) is 0 Å². The zero-order chi connectivity index (χ0) is 18.5. The van der Waals surface area contributed by atoms with Crippen molar-refractivity contribution in [3.05, 3.63) is 34.9 Å². The highest BCUT2D eigenvalue weighted by Crippen LogP contribution is 2.85. The molecule has 0 bridgehead atoms. The molecule has 25 heavy (non-hydrogen) atoms. The van der Waals surface area contributed by atoms with Gasteiger partial charge >= 0.3 is 0 Å². The van der Waals surface area contributed by atoms with Crippen molar-refractivity contribution in [1.29, 1.82) is 10.5 Å². The number of hydrogen-bond acceptors (Lipinski definition) is 6. The van der Waals surface area contributed by atoms with Gasteiger partial charge in [0.1, 0.15) is 5.84 Å². The maximum absolute atomic E-state index is 10.2. The van der Waals surface area contributed by atoms with Crippen LogP contribution in [0, 0.1) is 33.5 Å². The van der Waals surface area contributed by atoms with Gasteiger partial charge in [-0.2, -0.15) is 10.5 Å². The van der Waals surface area contributed by atoms with Crippen LogP contribution in [-0.2, 0) is 14.9 Å². The summed E-state index contributed by atoms with van der Waals surface area (Å²) < 4.78 is 11.7. The smallest absolute Gasteiger partial charge is 0.293 e. The lowest BCUT2D eigenvalue weighted by Crippen LogP contribution is -2.46. The molecule has 1 fully saturated rings. The molecule has 0 aromatic heterocycles. The van der Waals surface area contributed by atoms with E-state index < -0.39 is 22.2 Å². The van der Waals surface area contributed by atoms with Gasteiger partial charge in [0.2, 0.25) is 0 Å². The summed E-state index contributed by atoms with van der Waals surface area (Å²) in [4.78, 5) is 4.33. The lowest BCUT2D eigenvalue weighted by molar-refractivity contribution is -0.257. The van der Waals surface area contributed by atoms with Crippen LogP contribution in [0.3, 0.4) is 0 Å². The third-order valence-electron chi connectivity index (χ3n) is 5.56. The van der Waals surface area contributed by atoms with E-state index in [1.165, 1.54) is 0 Å². The minimum absolute atomic E-state index is 0.0656. The largest absolute Gasteiger partial charge is 0.386 e. The van der Waals surface area contributed by atoms with Crippen molar-refractivity contribution < 1.29 is 9.47 Å². The van der Waals surface area contributed by atoms with Gasteiger partial charge in [-0.05, 0) is 31.5 Å². The molecule has 1 aromatic rings. The van der Waals surface area contributed by atoms with Gasteiger partial charge in [-0.3, -0.25) is 0 Å². The zero-order valence-electron chi connectivity index (χ0n) is 14.3. The van der Waals surface area contributed by atoms with Gasteiger partial charge in [0.25, 0.3) is 5.91 Å². The second-order valence-electron chi connectivity index (χ2n) is 6.30. The molecule has 3 atom stereocenters. The number of hydrogen-bond donors (Lipinski definition) is 1. The average Bonchev–Trinajstić information content (AvgIpc) is 3.01. The van der Waals surface area contributed by atoms with Crippen molar-refractivity contribution in [2.45, 2.75) is 32.1 Å². The highest BCUT2D eigenvalue weighted by atomic mass is 35.5. The van der Waals surface area contributed by atoms with Gasteiger partial charge in [0.15, 0.2) is 10.8 Å². The molecule has 1 aliphatic heterocycles. The Morgan fingerprint density at radius 1 is 1.12 bits per heavy atom. The van der Waals surface area contributed by atoms with Crippen LogP contribution in [0.4, 0.5) is 0 Å². The summed E-state index contributed by atoms with van der Waals surface area (Å²) >= 11 is 6.00. The molecule has 1 aliphatic carbocycles. The van der Waals surface area contributed by atoms with E-state index in [0.717, 1.165) is 5.56 Å². The van der Waals surface area contributed by atoms with E-state index in [2.05, 4.69) is 17.1 Å². The maximum Gasteiger partial charge on any atom is 0.293 e. The van der Waals surface area contributed by atoms with Crippen LogP contribution in [-0.4, -0.2) is 25.0 Å². The molecule has 0 saturated heterocycles. The third kappa shape index (κ3) is 1.63. The van der Waals surface area contributed by atoms with Gasteiger partial charge in [-0.15, -0.1) is 0 Å². The van der Waals surface area contributed by atoms with Crippen LogP contribution in [0.15, 0.2) is 29.3 Å². The number of ether oxygens (including phenoxy) is 2. The molecule has 7 heteroatoms. The van der Waals surface area contributed by atoms with E-state index in [4.69, 9.17) is 26.8 Å². The second kappa shape index (κ2) is 5.44. The maximum atomic E-state index is 10.2. The topological polar surface area (TPSA) is 104 Å². The number of fused-ring (bicyclic) bond motifs is 1. The summed E-state index contributed by atoms with van der Waals surface area (Å²) in [6.07, 6.45) is 0. The number of halogens is 1. The van der Waals surface area contributed by atoms with E-state index in [-0.39, 0.29) is 19.0 Å². The van der Waals surface area contributed by atoms with Crippen molar-refractivity contribution in [1.82, 2.24) is 0 Å². The fraction of sp³-hybridized carbons (Fsp3) is 0.500. The first kappa shape index (κ1) is 17.7. The Balaban J connectivity index is 2.30. The number of nitriles is 2. The number of aliphatic imine (C=N–C) groups is 1. The molecule has 2 aliphatic rings. The fourth-order valence-electron chi connectivity index (χ4n) is 4.50. The first-order chi connectivity index (χ1) is 11.9. The van der Waals surface area contributed by atoms with Crippen LogP contribution >= 0.6 is 11.6 Å². The second-order valence-corrected chi connectivity index (χ2v) is 6.74. The lowest BCUT2D eigenvalue weighted by Gasteiger charge is -2.34. The summed E-state index contributed by atoms with van der Waals surface area (Å²) in [7, 11) is 0. The van der Waals surface area contributed by atoms with Gasteiger partial charge in [-0.1, -0.05) is 30.7 Å². The molecule has 0 amide bonds. The van der Waals surface area contributed by atoms with Crippen LogP contribution in [0.2, 0.25) is 5.02 Å². The molecular formula is C18H19ClN4O2. The highest BCUT2D eigenvalue weighted by molar-refractivity contribution is 6.30. The number of rotatable bonds is 5. The Labute approximate surface area is 151 Å². The molecule has 1 heterocycles. The fourth-order valence-corrected chi connectivity index (χ4v) is 4.62. The third-order valence-corrected chi connectivity index (χ3v) is 5.81. The monoisotopic (exact) mass is 358 g/mol. The van der Waals surface area contributed by atoms with E-state index in [1.807, 2.05) is 6.92 Å². The predicted molar refractivity (Wildman–Crippen MR) is 92.5 cm³/mol. The predicted octanol–water partition coefficient (Wildman–Crippen LogP) is 2.73. The van der Waals surface area contributed by atoms with Crippen molar-refractivity contribution in [3.63, 3.8) is 0 Å². The molecule has 0 unspecified atom stereocenters. The van der Waals surface area contributed by atoms with Gasteiger partial charge in [0, 0.05) is 23.7 Å². The van der Waals surface area contributed by atoms with Crippen molar-refractivity contribution >= 4 is 17.4 Å². The summed E-state index contributed by atoms with van der Waals surface area (Å²) in [5, 5.41) is 20.8. The Morgan fingerprint density at radius 3 is 2.12 bits per heavy atom. The SMILES string of the molecule is CCOC1(OCC)N=C(N)[C@@]2(C#N)[C@@](C)(c3ccc(Cl)cc3)[C@@]12C#N. The van der Waals surface area contributed by atoms with E-state index in [1.54, 1.807) is 38.1 Å². The number of amidine groups is 1. The summed E-state index contributed by atoms with van der Waals surface area (Å²) in [5.41, 5.74) is 3.31.